The van der Waals surface area contributed by atoms with Gasteiger partial charge >= 0.3 is 11.9 Å². The number of anilines is 1. The van der Waals surface area contributed by atoms with Crippen molar-refractivity contribution >= 4 is 35.9 Å². The van der Waals surface area contributed by atoms with Gasteiger partial charge in [-0.3, -0.25) is 24.6 Å². The van der Waals surface area contributed by atoms with E-state index in [1.165, 1.54) is 4.90 Å². The number of hydrogen-bond donors (Lipinski definition) is 1. The molecule has 206 valence electrons. The molecule has 1 aliphatic rings. The number of benzene rings is 3. The number of rotatable bonds is 11. The summed E-state index contributed by atoms with van der Waals surface area (Å²) in [6, 6.07) is 24.5. The van der Waals surface area contributed by atoms with Crippen molar-refractivity contribution in [1.29, 1.82) is 0 Å². The third-order valence-electron chi connectivity index (χ3n) is 6.19. The van der Waals surface area contributed by atoms with E-state index < -0.39 is 24.0 Å². The first-order valence-corrected chi connectivity index (χ1v) is 12.7. The number of hydrogen-bond acceptors (Lipinski definition) is 7. The molecule has 0 bridgehead atoms. The molecule has 4 rings (SSSR count). The highest BCUT2D eigenvalue weighted by Crippen LogP contribution is 2.31. The van der Waals surface area contributed by atoms with Gasteiger partial charge in [0.2, 0.25) is 5.91 Å². The topological polar surface area (TPSA) is 94.2 Å². The maximum Gasteiger partial charge on any atom is 0.326 e. The average molecular weight is 553 g/mol. The summed E-state index contributed by atoms with van der Waals surface area (Å²) < 4.78 is 16.7. The Morgan fingerprint density at radius 1 is 0.949 bits per heavy atom. The van der Waals surface area contributed by atoms with Gasteiger partial charge in [-0.25, -0.2) is 0 Å². The lowest BCUT2D eigenvalue weighted by atomic mass is 10.0. The van der Waals surface area contributed by atoms with Crippen LogP contribution in [-0.2, 0) is 36.9 Å². The maximum absolute atomic E-state index is 13.7. The Labute approximate surface area is 234 Å². The molecule has 0 fully saturated rings. The van der Waals surface area contributed by atoms with Crippen molar-refractivity contribution in [3.05, 3.63) is 96.1 Å². The van der Waals surface area contributed by atoms with E-state index in [-0.39, 0.29) is 44.7 Å². The van der Waals surface area contributed by atoms with E-state index in [2.05, 4.69) is 5.32 Å². The number of nitrogens with one attached hydrogen (secondary N) is 1. The molecule has 1 unspecified atom stereocenters. The van der Waals surface area contributed by atoms with Crippen molar-refractivity contribution in [2.75, 3.05) is 24.7 Å². The van der Waals surface area contributed by atoms with E-state index in [9.17, 15) is 14.4 Å². The van der Waals surface area contributed by atoms with Crippen molar-refractivity contribution in [3.8, 4) is 5.75 Å². The lowest BCUT2D eigenvalue weighted by Gasteiger charge is -2.26. The maximum atomic E-state index is 13.7. The largest absolute Gasteiger partial charge is 0.489 e. The normalized spacial score (nSPS) is 15.2. The molecule has 0 aromatic heterocycles. The summed E-state index contributed by atoms with van der Waals surface area (Å²) in [6.07, 6.45) is 1.05. The third-order valence-corrected chi connectivity index (χ3v) is 6.19. The number of carbonyl (C=O) groups excluding carboxylic acids is 3. The number of esters is 2. The summed E-state index contributed by atoms with van der Waals surface area (Å²) in [6.45, 7) is 1.77. The van der Waals surface area contributed by atoms with Crippen molar-refractivity contribution in [2.24, 2.45) is 0 Å². The smallest absolute Gasteiger partial charge is 0.326 e. The second-order valence-corrected chi connectivity index (χ2v) is 8.90. The molecule has 0 saturated carbocycles. The molecule has 3 aromatic rings. The number of aryl methyl sites for hydroxylation is 1. The fourth-order valence-electron chi connectivity index (χ4n) is 4.26. The van der Waals surface area contributed by atoms with Gasteiger partial charge in [-0.05, 0) is 43.0 Å². The molecule has 3 aromatic carbocycles. The van der Waals surface area contributed by atoms with E-state index in [0.717, 1.165) is 11.1 Å². The molecule has 0 saturated heterocycles. The standard InChI is InChI=1S/C30H32N2O6.ClH/c1-2-36-30(35)24(18-17-22-11-5-3-6-12-22)31-25-21-37-27-16-10-9-15-26(27)32(29(25)34)19-28(33)38-20-23-13-7-4-8-14-23;/h3-16,24-25,31H,2,17-21H2,1H3;1H/t24-,25?;/m0./s1. The van der Waals surface area contributed by atoms with Crippen molar-refractivity contribution in [2.45, 2.75) is 38.5 Å². The molecule has 1 amide bonds. The highest BCUT2D eigenvalue weighted by Gasteiger charge is 2.35. The van der Waals surface area contributed by atoms with Crippen LogP contribution in [-0.4, -0.2) is 49.7 Å². The highest BCUT2D eigenvalue weighted by atomic mass is 35.5. The van der Waals surface area contributed by atoms with Gasteiger partial charge in [-0.15, -0.1) is 12.4 Å². The van der Waals surface area contributed by atoms with Crippen LogP contribution in [0.5, 0.6) is 5.75 Å². The van der Waals surface area contributed by atoms with Gasteiger partial charge in [-0.1, -0.05) is 72.8 Å². The molecule has 2 atom stereocenters. The molecule has 1 heterocycles. The third kappa shape index (κ3) is 8.30. The Hall–Kier alpha value is -3.88. The monoisotopic (exact) mass is 552 g/mol. The van der Waals surface area contributed by atoms with Crippen LogP contribution < -0.4 is 15.0 Å². The van der Waals surface area contributed by atoms with Gasteiger partial charge in [0, 0.05) is 0 Å². The second-order valence-electron chi connectivity index (χ2n) is 8.90. The lowest BCUT2D eigenvalue weighted by Crippen LogP contribution is -2.55. The predicted octanol–water partition coefficient (Wildman–Crippen LogP) is 4.10. The molecule has 1 aliphatic heterocycles. The Balaban J connectivity index is 0.00000420. The molecule has 39 heavy (non-hydrogen) atoms. The van der Waals surface area contributed by atoms with Crippen LogP contribution in [0.1, 0.15) is 24.5 Å². The fourth-order valence-corrected chi connectivity index (χ4v) is 4.26. The minimum atomic E-state index is -0.880. The second kappa shape index (κ2) is 14.9. The number of amides is 1. The predicted molar refractivity (Wildman–Crippen MR) is 150 cm³/mol. The van der Waals surface area contributed by atoms with Gasteiger partial charge in [0.25, 0.3) is 0 Å². The molecule has 8 nitrogen and oxygen atoms in total. The number of ether oxygens (including phenoxy) is 3. The summed E-state index contributed by atoms with van der Waals surface area (Å²) in [4.78, 5) is 40.7. The molecular weight excluding hydrogens is 520 g/mol. The molecule has 0 spiro atoms. The molecule has 9 heteroatoms. The fraction of sp³-hybridized carbons (Fsp3) is 0.300. The minimum absolute atomic E-state index is 0. The Bertz CT molecular complexity index is 1220. The summed E-state index contributed by atoms with van der Waals surface area (Å²) in [7, 11) is 0. The molecule has 0 radical (unpaired) electrons. The van der Waals surface area contributed by atoms with Gasteiger partial charge in [0.05, 0.1) is 12.3 Å². The summed E-state index contributed by atoms with van der Waals surface area (Å²) >= 11 is 0. The summed E-state index contributed by atoms with van der Waals surface area (Å²) in [5.41, 5.74) is 2.39. The first kappa shape index (κ1) is 29.7. The molecule has 0 aliphatic carbocycles. The summed E-state index contributed by atoms with van der Waals surface area (Å²) in [5.74, 6) is -0.908. The minimum Gasteiger partial charge on any atom is -0.489 e. The van der Waals surface area contributed by atoms with E-state index in [1.54, 1.807) is 31.2 Å². The average Bonchev–Trinajstić information content (AvgIpc) is 3.07. The number of fused-ring (bicyclic) bond motifs is 1. The zero-order chi connectivity index (χ0) is 26.7. The SMILES string of the molecule is CCOC(=O)[C@H](CCc1ccccc1)NC1COc2ccccc2N(CC(=O)OCc2ccccc2)C1=O.Cl. The van der Waals surface area contributed by atoms with E-state index in [0.29, 0.717) is 24.3 Å². The van der Waals surface area contributed by atoms with Gasteiger partial charge in [-0.2, -0.15) is 0 Å². The van der Waals surface area contributed by atoms with Crippen molar-refractivity contribution in [3.63, 3.8) is 0 Å². The van der Waals surface area contributed by atoms with Crippen LogP contribution in [0.3, 0.4) is 0 Å². The zero-order valence-corrected chi connectivity index (χ0v) is 22.6. The quantitative estimate of drug-likeness (QED) is 0.358. The first-order valence-electron chi connectivity index (χ1n) is 12.7. The first-order chi connectivity index (χ1) is 18.5. The Morgan fingerprint density at radius 2 is 1.59 bits per heavy atom. The number of carbonyl (C=O) groups is 3. The zero-order valence-electron chi connectivity index (χ0n) is 21.8. The number of halogens is 1. The van der Waals surface area contributed by atoms with Gasteiger partial charge in [0.1, 0.15) is 37.6 Å². The van der Waals surface area contributed by atoms with Crippen molar-refractivity contribution < 1.29 is 28.6 Å². The van der Waals surface area contributed by atoms with Crippen LogP contribution in [0.2, 0.25) is 0 Å². The van der Waals surface area contributed by atoms with E-state index in [1.807, 2.05) is 60.7 Å². The van der Waals surface area contributed by atoms with Crippen LogP contribution >= 0.6 is 12.4 Å². The Kier molecular flexibility index (Phi) is 11.3. The lowest BCUT2D eigenvalue weighted by molar-refractivity contribution is -0.147. The molecule has 1 N–H and O–H groups in total. The molecular formula is C30H33ClN2O6. The van der Waals surface area contributed by atoms with Gasteiger partial charge in [0.15, 0.2) is 0 Å². The van der Waals surface area contributed by atoms with Crippen LogP contribution in [0.25, 0.3) is 0 Å². The van der Waals surface area contributed by atoms with Gasteiger partial charge < -0.3 is 14.2 Å². The van der Waals surface area contributed by atoms with Crippen LogP contribution in [0.15, 0.2) is 84.9 Å². The van der Waals surface area contributed by atoms with E-state index >= 15 is 0 Å². The highest BCUT2D eigenvalue weighted by molar-refractivity contribution is 6.02. The number of nitrogens with zero attached hydrogens (tertiary/aromatic N) is 1. The van der Waals surface area contributed by atoms with Crippen LogP contribution in [0.4, 0.5) is 5.69 Å². The van der Waals surface area contributed by atoms with Crippen molar-refractivity contribution in [1.82, 2.24) is 5.32 Å². The van der Waals surface area contributed by atoms with Crippen LogP contribution in [0, 0.1) is 0 Å². The van der Waals surface area contributed by atoms with E-state index in [4.69, 9.17) is 14.2 Å². The summed E-state index contributed by atoms with van der Waals surface area (Å²) in [5, 5.41) is 3.15. The number of para-hydroxylation sites is 2. The Morgan fingerprint density at radius 3 is 2.28 bits per heavy atom.